The molecule has 68 valence electrons. The van der Waals surface area contributed by atoms with Crippen molar-refractivity contribution in [3.8, 4) is 0 Å². The molecule has 0 amide bonds. The standard InChI is InChI=1S/C11H19N/c1-2-8-11(12-9-5-1)10-6-3-4-7-10/h3-4,10-12H,1-2,5-9H2. The summed E-state index contributed by atoms with van der Waals surface area (Å²) in [6.45, 7) is 1.25. The zero-order valence-corrected chi connectivity index (χ0v) is 7.76. The minimum absolute atomic E-state index is 0.822. The summed E-state index contributed by atoms with van der Waals surface area (Å²) in [5.41, 5.74) is 0. The van der Waals surface area contributed by atoms with Crippen LogP contribution in [0.15, 0.2) is 12.2 Å². The Hall–Kier alpha value is -0.300. The maximum absolute atomic E-state index is 3.68. The summed E-state index contributed by atoms with van der Waals surface area (Å²) >= 11 is 0. The van der Waals surface area contributed by atoms with E-state index in [-0.39, 0.29) is 0 Å². The first-order valence-electron chi connectivity index (χ1n) is 5.35. The quantitative estimate of drug-likeness (QED) is 0.589. The van der Waals surface area contributed by atoms with Crippen LogP contribution in [0.2, 0.25) is 0 Å². The summed E-state index contributed by atoms with van der Waals surface area (Å²) < 4.78 is 0. The first-order chi connectivity index (χ1) is 5.97. The Labute approximate surface area is 75.2 Å². The van der Waals surface area contributed by atoms with Crippen LogP contribution in [0, 0.1) is 5.92 Å². The van der Waals surface area contributed by atoms with E-state index >= 15 is 0 Å². The molecule has 1 aliphatic heterocycles. The van der Waals surface area contributed by atoms with Crippen LogP contribution in [0.1, 0.15) is 38.5 Å². The van der Waals surface area contributed by atoms with E-state index in [0.29, 0.717) is 0 Å². The molecule has 1 unspecified atom stereocenters. The highest BCUT2D eigenvalue weighted by atomic mass is 14.9. The van der Waals surface area contributed by atoms with Gasteiger partial charge in [0.05, 0.1) is 0 Å². The maximum atomic E-state index is 3.68. The highest BCUT2D eigenvalue weighted by molar-refractivity contribution is 4.98. The molecule has 2 rings (SSSR count). The van der Waals surface area contributed by atoms with Gasteiger partial charge in [-0.05, 0) is 38.1 Å². The fourth-order valence-corrected chi connectivity index (χ4v) is 2.42. The number of nitrogens with one attached hydrogen (secondary N) is 1. The Balaban J connectivity index is 1.84. The molecule has 0 aromatic carbocycles. The molecule has 0 aromatic rings. The van der Waals surface area contributed by atoms with Gasteiger partial charge in [-0.25, -0.2) is 0 Å². The van der Waals surface area contributed by atoms with Crippen molar-refractivity contribution < 1.29 is 0 Å². The monoisotopic (exact) mass is 165 g/mol. The molecule has 1 saturated heterocycles. The summed E-state index contributed by atoms with van der Waals surface area (Å²) in [6, 6.07) is 0.822. The summed E-state index contributed by atoms with van der Waals surface area (Å²) in [7, 11) is 0. The smallest absolute Gasteiger partial charge is 0.0101 e. The Morgan fingerprint density at radius 2 is 1.83 bits per heavy atom. The van der Waals surface area contributed by atoms with Crippen molar-refractivity contribution in [3.63, 3.8) is 0 Å². The Morgan fingerprint density at radius 3 is 2.67 bits per heavy atom. The highest BCUT2D eigenvalue weighted by Gasteiger charge is 2.22. The molecule has 2 aliphatic rings. The molecule has 1 heterocycles. The molecule has 0 saturated carbocycles. The van der Waals surface area contributed by atoms with Gasteiger partial charge in [-0.15, -0.1) is 0 Å². The normalized spacial score (nSPS) is 32.2. The molecule has 12 heavy (non-hydrogen) atoms. The third-order valence-electron chi connectivity index (χ3n) is 3.21. The zero-order chi connectivity index (χ0) is 8.23. The largest absolute Gasteiger partial charge is 0.314 e. The predicted molar refractivity (Wildman–Crippen MR) is 52.1 cm³/mol. The second kappa shape index (κ2) is 4.08. The van der Waals surface area contributed by atoms with E-state index in [1.807, 2.05) is 0 Å². The van der Waals surface area contributed by atoms with Gasteiger partial charge in [0.15, 0.2) is 0 Å². The SMILES string of the molecule is C1=CCC(C2CCCCCN2)C1. The minimum atomic E-state index is 0.822. The fourth-order valence-electron chi connectivity index (χ4n) is 2.42. The first kappa shape index (κ1) is 8.31. The van der Waals surface area contributed by atoms with E-state index in [1.165, 1.54) is 45.1 Å². The second-order valence-electron chi connectivity index (χ2n) is 4.11. The van der Waals surface area contributed by atoms with Crippen molar-refractivity contribution in [1.29, 1.82) is 0 Å². The number of rotatable bonds is 1. The van der Waals surface area contributed by atoms with E-state index in [1.54, 1.807) is 0 Å². The molecule has 0 radical (unpaired) electrons. The summed E-state index contributed by atoms with van der Waals surface area (Å²) in [5, 5.41) is 3.68. The Kier molecular flexibility index (Phi) is 2.83. The maximum Gasteiger partial charge on any atom is 0.0101 e. The summed E-state index contributed by atoms with van der Waals surface area (Å²) in [4.78, 5) is 0. The van der Waals surface area contributed by atoms with Crippen LogP contribution in [0.3, 0.4) is 0 Å². The molecule has 0 spiro atoms. The summed E-state index contributed by atoms with van der Waals surface area (Å²) in [5.74, 6) is 0.920. The van der Waals surface area contributed by atoms with Crippen LogP contribution < -0.4 is 5.32 Å². The predicted octanol–water partition coefficient (Wildman–Crippen LogP) is 2.48. The van der Waals surface area contributed by atoms with Gasteiger partial charge in [-0.3, -0.25) is 0 Å². The molecular formula is C11H19N. The van der Waals surface area contributed by atoms with Gasteiger partial charge in [0.25, 0.3) is 0 Å². The van der Waals surface area contributed by atoms with E-state index in [2.05, 4.69) is 17.5 Å². The lowest BCUT2D eigenvalue weighted by Crippen LogP contribution is -2.34. The van der Waals surface area contributed by atoms with Gasteiger partial charge in [0, 0.05) is 6.04 Å². The lowest BCUT2D eigenvalue weighted by Gasteiger charge is -2.22. The van der Waals surface area contributed by atoms with Crippen LogP contribution in [0.4, 0.5) is 0 Å². The number of hydrogen-bond donors (Lipinski definition) is 1. The van der Waals surface area contributed by atoms with E-state index in [0.717, 1.165) is 12.0 Å². The van der Waals surface area contributed by atoms with Gasteiger partial charge < -0.3 is 5.32 Å². The average Bonchev–Trinajstić information content (AvgIpc) is 2.48. The van der Waals surface area contributed by atoms with Crippen molar-refractivity contribution in [2.75, 3.05) is 6.54 Å². The van der Waals surface area contributed by atoms with Crippen LogP contribution in [0.5, 0.6) is 0 Å². The third kappa shape index (κ3) is 1.89. The molecule has 1 fully saturated rings. The Bertz CT molecular complexity index is 146. The van der Waals surface area contributed by atoms with Crippen molar-refractivity contribution in [3.05, 3.63) is 12.2 Å². The highest BCUT2D eigenvalue weighted by Crippen LogP contribution is 2.25. The topological polar surface area (TPSA) is 12.0 Å². The van der Waals surface area contributed by atoms with Crippen molar-refractivity contribution in [2.45, 2.75) is 44.6 Å². The lowest BCUT2D eigenvalue weighted by molar-refractivity contribution is 0.362. The van der Waals surface area contributed by atoms with Crippen LogP contribution >= 0.6 is 0 Å². The van der Waals surface area contributed by atoms with Gasteiger partial charge in [0.1, 0.15) is 0 Å². The van der Waals surface area contributed by atoms with Gasteiger partial charge in [-0.2, -0.15) is 0 Å². The first-order valence-corrected chi connectivity index (χ1v) is 5.35. The fraction of sp³-hybridized carbons (Fsp3) is 0.818. The number of hydrogen-bond acceptors (Lipinski definition) is 1. The average molecular weight is 165 g/mol. The van der Waals surface area contributed by atoms with Gasteiger partial charge in [0.2, 0.25) is 0 Å². The van der Waals surface area contributed by atoms with Crippen molar-refractivity contribution in [2.24, 2.45) is 5.92 Å². The molecule has 0 bridgehead atoms. The molecule has 1 heteroatoms. The van der Waals surface area contributed by atoms with Crippen molar-refractivity contribution in [1.82, 2.24) is 5.32 Å². The van der Waals surface area contributed by atoms with Crippen molar-refractivity contribution >= 4 is 0 Å². The van der Waals surface area contributed by atoms with E-state index < -0.39 is 0 Å². The summed E-state index contributed by atoms with van der Waals surface area (Å²) in [6.07, 6.45) is 13.0. The third-order valence-corrected chi connectivity index (χ3v) is 3.21. The molecule has 1 atom stereocenters. The van der Waals surface area contributed by atoms with Crippen LogP contribution in [-0.4, -0.2) is 12.6 Å². The van der Waals surface area contributed by atoms with Gasteiger partial charge >= 0.3 is 0 Å². The minimum Gasteiger partial charge on any atom is -0.314 e. The van der Waals surface area contributed by atoms with Crippen LogP contribution in [0.25, 0.3) is 0 Å². The molecule has 1 nitrogen and oxygen atoms in total. The van der Waals surface area contributed by atoms with E-state index in [4.69, 9.17) is 0 Å². The van der Waals surface area contributed by atoms with Gasteiger partial charge in [-0.1, -0.05) is 25.0 Å². The molecule has 1 N–H and O–H groups in total. The van der Waals surface area contributed by atoms with E-state index in [9.17, 15) is 0 Å². The molecular weight excluding hydrogens is 146 g/mol. The Morgan fingerprint density at radius 1 is 1.00 bits per heavy atom. The molecule has 1 aliphatic carbocycles. The molecule has 0 aromatic heterocycles. The lowest BCUT2D eigenvalue weighted by atomic mass is 9.94. The van der Waals surface area contributed by atoms with Crippen LogP contribution in [-0.2, 0) is 0 Å². The zero-order valence-electron chi connectivity index (χ0n) is 7.76. The number of allylic oxidation sites excluding steroid dienone is 2. The second-order valence-corrected chi connectivity index (χ2v) is 4.11.